The summed E-state index contributed by atoms with van der Waals surface area (Å²) in [6.07, 6.45) is 7.54. The van der Waals surface area contributed by atoms with Crippen LogP contribution in [0.1, 0.15) is 32.4 Å². The zero-order valence-electron chi connectivity index (χ0n) is 9.94. The maximum Gasteiger partial charge on any atom is 0.0725 e. The first kappa shape index (κ1) is 12.6. The molecule has 0 aromatic carbocycles. The third-order valence-corrected chi connectivity index (χ3v) is 3.09. The second kappa shape index (κ2) is 6.88. The summed E-state index contributed by atoms with van der Waals surface area (Å²) in [5.41, 5.74) is 1.28. The summed E-state index contributed by atoms with van der Waals surface area (Å²) in [6.45, 7) is 5.51. The minimum atomic E-state index is 0.750. The quantitative estimate of drug-likeness (QED) is 0.671. The molecule has 3 nitrogen and oxygen atoms in total. The largest absolute Gasteiger partial charge is 0.249 e. The highest BCUT2D eigenvalue weighted by Crippen LogP contribution is 2.08. The van der Waals surface area contributed by atoms with Crippen molar-refractivity contribution in [2.24, 2.45) is 5.92 Å². The van der Waals surface area contributed by atoms with Crippen LogP contribution in [-0.2, 0) is 13.0 Å². The molecule has 0 N–H and O–H groups in total. The number of hydrogen-bond donors (Lipinski definition) is 0. The van der Waals surface area contributed by atoms with Crippen molar-refractivity contribution in [3.8, 4) is 0 Å². The van der Waals surface area contributed by atoms with Crippen LogP contribution in [0.3, 0.4) is 0 Å². The number of aromatic nitrogens is 3. The Kier molecular flexibility index (Phi) is 5.76. The Balaban J connectivity index is 2.39. The smallest absolute Gasteiger partial charge is 0.0725 e. The molecular weight excluding hydrogens is 206 g/mol. The number of thioether (sulfide) groups is 1. The van der Waals surface area contributed by atoms with Crippen LogP contribution in [0.25, 0.3) is 0 Å². The molecule has 0 aliphatic carbocycles. The van der Waals surface area contributed by atoms with Gasteiger partial charge in [-0.15, -0.1) is 5.10 Å². The molecule has 0 aliphatic heterocycles. The van der Waals surface area contributed by atoms with Crippen LogP contribution in [0.4, 0.5) is 0 Å². The van der Waals surface area contributed by atoms with E-state index in [1.54, 1.807) is 0 Å². The average Bonchev–Trinajstić information content (AvgIpc) is 2.63. The van der Waals surface area contributed by atoms with E-state index in [9.17, 15) is 0 Å². The summed E-state index contributed by atoms with van der Waals surface area (Å²) in [4.78, 5) is 0. The molecule has 0 unspecified atom stereocenters. The van der Waals surface area contributed by atoms with Gasteiger partial charge in [-0.05, 0) is 37.2 Å². The molecule has 0 amide bonds. The Morgan fingerprint density at radius 3 is 2.93 bits per heavy atom. The zero-order valence-corrected chi connectivity index (χ0v) is 10.8. The van der Waals surface area contributed by atoms with Crippen LogP contribution in [0.2, 0.25) is 0 Å². The van der Waals surface area contributed by atoms with Crippen LogP contribution in [0, 0.1) is 5.92 Å². The lowest BCUT2D eigenvalue weighted by atomic mass is 10.1. The number of rotatable bonds is 7. The van der Waals surface area contributed by atoms with Crippen molar-refractivity contribution < 1.29 is 0 Å². The fourth-order valence-corrected chi connectivity index (χ4v) is 1.87. The molecule has 1 aromatic rings. The third kappa shape index (κ3) is 4.69. The van der Waals surface area contributed by atoms with Gasteiger partial charge in [0.15, 0.2) is 0 Å². The molecule has 0 aliphatic rings. The molecule has 0 atom stereocenters. The standard InChI is InChI=1S/C11H21N3S/c1-10(2)5-6-11-9-12-13-14(11)7-4-8-15-3/h9-10H,4-8H2,1-3H3. The fraction of sp³-hybridized carbons (Fsp3) is 0.818. The molecule has 0 spiro atoms. The van der Waals surface area contributed by atoms with Crippen molar-refractivity contribution in [2.45, 2.75) is 39.7 Å². The second-order valence-electron chi connectivity index (χ2n) is 4.23. The normalized spacial score (nSPS) is 11.2. The maximum atomic E-state index is 4.12. The summed E-state index contributed by atoms with van der Waals surface area (Å²) in [7, 11) is 0. The number of nitrogens with zero attached hydrogens (tertiary/aromatic N) is 3. The van der Waals surface area contributed by atoms with Gasteiger partial charge in [0.05, 0.1) is 11.9 Å². The van der Waals surface area contributed by atoms with Crippen LogP contribution in [0.5, 0.6) is 0 Å². The highest BCUT2D eigenvalue weighted by atomic mass is 32.2. The van der Waals surface area contributed by atoms with Crippen LogP contribution in [-0.4, -0.2) is 27.0 Å². The van der Waals surface area contributed by atoms with Crippen LogP contribution in [0.15, 0.2) is 6.20 Å². The second-order valence-corrected chi connectivity index (χ2v) is 5.21. The molecule has 4 heteroatoms. The van der Waals surface area contributed by atoms with Crippen molar-refractivity contribution in [1.29, 1.82) is 0 Å². The Labute approximate surface area is 96.6 Å². The monoisotopic (exact) mass is 227 g/mol. The predicted octanol–water partition coefficient (Wildman–Crippen LogP) is 2.62. The molecule has 1 heterocycles. The van der Waals surface area contributed by atoms with Gasteiger partial charge in [0.1, 0.15) is 0 Å². The van der Waals surface area contributed by atoms with Gasteiger partial charge < -0.3 is 0 Å². The van der Waals surface area contributed by atoms with Crippen LogP contribution >= 0.6 is 11.8 Å². The lowest BCUT2D eigenvalue weighted by Crippen LogP contribution is -2.07. The Hall–Kier alpha value is -0.510. The Morgan fingerprint density at radius 2 is 2.27 bits per heavy atom. The molecule has 0 saturated carbocycles. The average molecular weight is 227 g/mol. The van der Waals surface area contributed by atoms with Crippen LogP contribution < -0.4 is 0 Å². The minimum absolute atomic E-state index is 0.750. The number of hydrogen-bond acceptors (Lipinski definition) is 3. The van der Waals surface area contributed by atoms with E-state index in [4.69, 9.17) is 0 Å². The van der Waals surface area contributed by atoms with Gasteiger partial charge in [0.2, 0.25) is 0 Å². The summed E-state index contributed by atoms with van der Waals surface area (Å²) < 4.78 is 2.05. The van der Waals surface area contributed by atoms with Gasteiger partial charge in [-0.25, -0.2) is 4.68 Å². The predicted molar refractivity (Wildman–Crippen MR) is 66.2 cm³/mol. The summed E-state index contributed by atoms with van der Waals surface area (Å²) in [6, 6.07) is 0. The molecule has 86 valence electrons. The molecular formula is C11H21N3S. The van der Waals surface area contributed by atoms with E-state index in [1.807, 2.05) is 18.0 Å². The van der Waals surface area contributed by atoms with Gasteiger partial charge in [-0.3, -0.25) is 0 Å². The molecule has 0 saturated heterocycles. The molecule has 15 heavy (non-hydrogen) atoms. The summed E-state index contributed by atoms with van der Waals surface area (Å²) >= 11 is 1.89. The Bertz CT molecular complexity index is 271. The van der Waals surface area contributed by atoms with Crippen molar-refractivity contribution in [3.63, 3.8) is 0 Å². The van der Waals surface area contributed by atoms with Crippen molar-refractivity contribution >= 4 is 11.8 Å². The van der Waals surface area contributed by atoms with E-state index in [2.05, 4.69) is 35.1 Å². The van der Waals surface area contributed by atoms with E-state index < -0.39 is 0 Å². The molecule has 0 radical (unpaired) electrons. The van der Waals surface area contributed by atoms with E-state index >= 15 is 0 Å². The first-order valence-corrected chi connectivity index (χ1v) is 6.99. The molecule has 0 bridgehead atoms. The fourth-order valence-electron chi connectivity index (χ4n) is 1.46. The summed E-state index contributed by atoms with van der Waals surface area (Å²) in [5.74, 6) is 1.95. The zero-order chi connectivity index (χ0) is 11.1. The van der Waals surface area contributed by atoms with Crippen molar-refractivity contribution in [3.05, 3.63) is 11.9 Å². The van der Waals surface area contributed by atoms with E-state index in [0.29, 0.717) is 0 Å². The highest BCUT2D eigenvalue weighted by Gasteiger charge is 2.04. The van der Waals surface area contributed by atoms with Crippen molar-refractivity contribution in [1.82, 2.24) is 15.0 Å². The van der Waals surface area contributed by atoms with E-state index in [1.165, 1.54) is 24.3 Å². The topological polar surface area (TPSA) is 30.7 Å². The minimum Gasteiger partial charge on any atom is -0.249 e. The van der Waals surface area contributed by atoms with E-state index in [-0.39, 0.29) is 0 Å². The van der Waals surface area contributed by atoms with Crippen molar-refractivity contribution in [2.75, 3.05) is 12.0 Å². The van der Waals surface area contributed by atoms with Gasteiger partial charge in [-0.2, -0.15) is 11.8 Å². The summed E-state index contributed by atoms with van der Waals surface area (Å²) in [5, 5.41) is 8.11. The van der Waals surface area contributed by atoms with Gasteiger partial charge in [-0.1, -0.05) is 19.1 Å². The first-order chi connectivity index (χ1) is 7.24. The highest BCUT2D eigenvalue weighted by molar-refractivity contribution is 7.98. The van der Waals surface area contributed by atoms with Gasteiger partial charge >= 0.3 is 0 Å². The first-order valence-electron chi connectivity index (χ1n) is 5.60. The molecule has 0 fully saturated rings. The lowest BCUT2D eigenvalue weighted by Gasteiger charge is -2.07. The lowest BCUT2D eigenvalue weighted by molar-refractivity contribution is 0.524. The molecule has 1 aromatic heterocycles. The van der Waals surface area contributed by atoms with Gasteiger partial charge in [0, 0.05) is 6.54 Å². The molecule has 1 rings (SSSR count). The SMILES string of the molecule is CSCCCn1nncc1CCC(C)C. The third-order valence-electron chi connectivity index (χ3n) is 2.39. The van der Waals surface area contributed by atoms with Gasteiger partial charge in [0.25, 0.3) is 0 Å². The maximum absolute atomic E-state index is 4.12. The Morgan fingerprint density at radius 1 is 1.47 bits per heavy atom. The van der Waals surface area contributed by atoms with E-state index in [0.717, 1.165) is 18.9 Å². The number of aryl methyl sites for hydroxylation is 2.